The predicted octanol–water partition coefficient (Wildman–Crippen LogP) is 4.31. The van der Waals surface area contributed by atoms with E-state index in [1.54, 1.807) is 36.4 Å². The van der Waals surface area contributed by atoms with Crippen LogP contribution in [0.4, 0.5) is 0 Å². The number of hydrogen-bond acceptors (Lipinski definition) is 5. The molecule has 0 saturated heterocycles. The first kappa shape index (κ1) is 26.0. The summed E-state index contributed by atoms with van der Waals surface area (Å²) < 4.78 is 11.0. The van der Waals surface area contributed by atoms with Crippen LogP contribution >= 0.6 is 23.2 Å². The van der Waals surface area contributed by atoms with Gasteiger partial charge in [-0.2, -0.15) is 5.10 Å². The summed E-state index contributed by atoms with van der Waals surface area (Å²) in [6.07, 6.45) is 6.64. The number of rotatable bonds is 10. The second-order valence-corrected chi connectivity index (χ2v) is 7.98. The van der Waals surface area contributed by atoms with Crippen LogP contribution in [0.2, 0.25) is 10.0 Å². The van der Waals surface area contributed by atoms with Crippen LogP contribution in [0.5, 0.6) is 11.5 Å². The van der Waals surface area contributed by atoms with Crippen LogP contribution in [0.1, 0.15) is 36.7 Å². The number of nitrogens with one attached hydrogen (secondary N) is 2. The molecule has 0 spiro atoms. The van der Waals surface area contributed by atoms with Crippen LogP contribution in [-0.2, 0) is 4.79 Å². The van der Waals surface area contributed by atoms with E-state index in [1.807, 2.05) is 20.8 Å². The number of carbonyl (C=O) groups excluding carboxylic acids is 2. The fourth-order valence-electron chi connectivity index (χ4n) is 2.82. The molecule has 0 aliphatic heterocycles. The van der Waals surface area contributed by atoms with Crippen molar-refractivity contribution in [1.29, 1.82) is 0 Å². The molecule has 174 valence electrons. The van der Waals surface area contributed by atoms with Crippen LogP contribution in [0, 0.1) is 18.3 Å². The standard InChI is InChI=1S/C24H25Cl2N3O4/c1-5-11-33-22-19(26)12-16(13-20(22)32-6-2)14-27-29-24(31)21(15(3)4)28-23(30)17-9-7-8-10-18(17)25/h1,7-10,12-15,21H,6,11H2,2-4H3,(H,28,30)(H,29,31). The van der Waals surface area contributed by atoms with E-state index in [-0.39, 0.29) is 23.1 Å². The highest BCUT2D eigenvalue weighted by Crippen LogP contribution is 2.36. The van der Waals surface area contributed by atoms with Gasteiger partial charge in [0, 0.05) is 0 Å². The molecule has 1 unspecified atom stereocenters. The molecule has 2 aromatic rings. The first-order valence-corrected chi connectivity index (χ1v) is 10.9. The Morgan fingerprint density at radius 1 is 1.18 bits per heavy atom. The Labute approximate surface area is 203 Å². The number of carbonyl (C=O) groups is 2. The van der Waals surface area contributed by atoms with Crippen molar-refractivity contribution in [3.05, 3.63) is 57.6 Å². The van der Waals surface area contributed by atoms with E-state index in [2.05, 4.69) is 21.8 Å². The molecule has 0 aliphatic rings. The van der Waals surface area contributed by atoms with E-state index in [1.165, 1.54) is 6.21 Å². The monoisotopic (exact) mass is 489 g/mol. The van der Waals surface area contributed by atoms with E-state index in [4.69, 9.17) is 39.1 Å². The lowest BCUT2D eigenvalue weighted by Gasteiger charge is -2.20. The largest absolute Gasteiger partial charge is 0.490 e. The van der Waals surface area contributed by atoms with Gasteiger partial charge in [0.15, 0.2) is 11.5 Å². The minimum absolute atomic E-state index is 0.0415. The number of halogens is 2. The van der Waals surface area contributed by atoms with E-state index < -0.39 is 17.9 Å². The third-order valence-electron chi connectivity index (χ3n) is 4.37. The highest BCUT2D eigenvalue weighted by atomic mass is 35.5. The summed E-state index contributed by atoms with van der Waals surface area (Å²) in [6, 6.07) is 9.04. The van der Waals surface area contributed by atoms with Crippen molar-refractivity contribution in [3.8, 4) is 23.8 Å². The van der Waals surface area contributed by atoms with Crippen LogP contribution < -0.4 is 20.2 Å². The van der Waals surface area contributed by atoms with Crippen LogP contribution in [0.15, 0.2) is 41.5 Å². The minimum atomic E-state index is -0.826. The summed E-state index contributed by atoms with van der Waals surface area (Å²) in [6.45, 7) is 5.87. The lowest BCUT2D eigenvalue weighted by molar-refractivity contribution is -0.123. The normalized spacial score (nSPS) is 11.7. The van der Waals surface area contributed by atoms with Crippen molar-refractivity contribution in [2.24, 2.45) is 11.0 Å². The molecule has 2 rings (SSSR count). The van der Waals surface area contributed by atoms with E-state index >= 15 is 0 Å². The van der Waals surface area contributed by atoms with Crippen LogP contribution in [0.3, 0.4) is 0 Å². The van der Waals surface area contributed by atoms with Gasteiger partial charge in [0.1, 0.15) is 12.6 Å². The molecule has 2 aromatic carbocycles. The molecule has 7 nitrogen and oxygen atoms in total. The van der Waals surface area contributed by atoms with Gasteiger partial charge in [-0.25, -0.2) is 5.43 Å². The topological polar surface area (TPSA) is 89.0 Å². The highest BCUT2D eigenvalue weighted by molar-refractivity contribution is 6.34. The maximum absolute atomic E-state index is 12.7. The third-order valence-corrected chi connectivity index (χ3v) is 4.98. The van der Waals surface area contributed by atoms with Gasteiger partial charge >= 0.3 is 0 Å². The zero-order chi connectivity index (χ0) is 24.4. The molecular weight excluding hydrogens is 465 g/mol. The molecule has 2 amide bonds. The molecule has 9 heteroatoms. The Kier molecular flexibility index (Phi) is 10.0. The van der Waals surface area contributed by atoms with Crippen molar-refractivity contribution < 1.29 is 19.1 Å². The Morgan fingerprint density at radius 3 is 2.55 bits per heavy atom. The van der Waals surface area contributed by atoms with Crippen molar-refractivity contribution in [2.45, 2.75) is 26.8 Å². The average molecular weight is 490 g/mol. The van der Waals surface area contributed by atoms with Crippen molar-refractivity contribution in [2.75, 3.05) is 13.2 Å². The van der Waals surface area contributed by atoms with Gasteiger partial charge in [-0.3, -0.25) is 9.59 Å². The minimum Gasteiger partial charge on any atom is -0.490 e. The highest BCUT2D eigenvalue weighted by Gasteiger charge is 2.25. The number of ether oxygens (including phenoxy) is 2. The van der Waals surface area contributed by atoms with Gasteiger partial charge in [-0.05, 0) is 42.7 Å². The van der Waals surface area contributed by atoms with Crippen molar-refractivity contribution in [1.82, 2.24) is 10.7 Å². The lowest BCUT2D eigenvalue weighted by Crippen LogP contribution is -2.48. The number of nitrogens with zero attached hydrogens (tertiary/aromatic N) is 1. The molecular formula is C24H25Cl2N3O4. The van der Waals surface area contributed by atoms with E-state index in [9.17, 15) is 9.59 Å². The molecule has 33 heavy (non-hydrogen) atoms. The first-order valence-electron chi connectivity index (χ1n) is 10.2. The van der Waals surface area contributed by atoms with Gasteiger partial charge in [0.25, 0.3) is 11.8 Å². The van der Waals surface area contributed by atoms with E-state index in [0.717, 1.165) is 0 Å². The predicted molar refractivity (Wildman–Crippen MR) is 130 cm³/mol. The zero-order valence-corrected chi connectivity index (χ0v) is 20.0. The maximum Gasteiger partial charge on any atom is 0.262 e. The van der Waals surface area contributed by atoms with Gasteiger partial charge in [0.05, 0.1) is 28.4 Å². The Hall–Kier alpha value is -3.21. The van der Waals surface area contributed by atoms with Crippen LogP contribution in [-0.4, -0.2) is 37.3 Å². The Balaban J connectivity index is 2.12. The van der Waals surface area contributed by atoms with Crippen molar-refractivity contribution in [3.63, 3.8) is 0 Å². The molecule has 0 fully saturated rings. The molecule has 0 radical (unpaired) electrons. The molecule has 0 bridgehead atoms. The molecule has 0 heterocycles. The number of hydrogen-bond donors (Lipinski definition) is 2. The lowest BCUT2D eigenvalue weighted by atomic mass is 10.0. The maximum atomic E-state index is 12.7. The summed E-state index contributed by atoms with van der Waals surface area (Å²) in [5.41, 5.74) is 3.30. The quantitative estimate of drug-likeness (QED) is 0.295. The van der Waals surface area contributed by atoms with Gasteiger partial charge in [-0.1, -0.05) is 55.1 Å². The summed E-state index contributed by atoms with van der Waals surface area (Å²) in [7, 11) is 0. The number of benzene rings is 2. The van der Waals surface area contributed by atoms with Gasteiger partial charge in [0.2, 0.25) is 0 Å². The summed E-state index contributed by atoms with van der Waals surface area (Å²) in [5, 5.41) is 7.27. The Bertz CT molecular complexity index is 1060. The van der Waals surface area contributed by atoms with E-state index in [0.29, 0.717) is 28.7 Å². The molecule has 2 N–H and O–H groups in total. The second-order valence-electron chi connectivity index (χ2n) is 7.17. The average Bonchev–Trinajstić information content (AvgIpc) is 2.77. The zero-order valence-electron chi connectivity index (χ0n) is 18.5. The summed E-state index contributed by atoms with van der Waals surface area (Å²) in [5.74, 6) is 1.98. The SMILES string of the molecule is C#CCOc1c(Cl)cc(C=NNC(=O)C(NC(=O)c2ccccc2Cl)C(C)C)cc1OCC. The van der Waals surface area contributed by atoms with Crippen LogP contribution in [0.25, 0.3) is 0 Å². The summed E-state index contributed by atoms with van der Waals surface area (Å²) >= 11 is 12.4. The third kappa shape index (κ3) is 7.41. The van der Waals surface area contributed by atoms with Gasteiger partial charge in [-0.15, -0.1) is 6.42 Å². The molecule has 0 aromatic heterocycles. The molecule has 0 aliphatic carbocycles. The fourth-order valence-corrected chi connectivity index (χ4v) is 3.31. The Morgan fingerprint density at radius 2 is 1.91 bits per heavy atom. The number of terminal acetylenes is 1. The summed E-state index contributed by atoms with van der Waals surface area (Å²) in [4.78, 5) is 25.2. The smallest absolute Gasteiger partial charge is 0.262 e. The number of hydrazone groups is 1. The van der Waals surface area contributed by atoms with Gasteiger partial charge < -0.3 is 14.8 Å². The molecule has 1 atom stereocenters. The first-order chi connectivity index (χ1) is 15.8. The number of amides is 2. The fraction of sp³-hybridized carbons (Fsp3) is 0.292. The van der Waals surface area contributed by atoms with Crippen molar-refractivity contribution >= 4 is 41.2 Å². The molecule has 0 saturated carbocycles. The second kappa shape index (κ2) is 12.7.